The van der Waals surface area contributed by atoms with Crippen LogP contribution in [0.1, 0.15) is 38.3 Å². The van der Waals surface area contributed by atoms with Crippen molar-refractivity contribution in [3.05, 3.63) is 53.6 Å². The highest BCUT2D eigenvalue weighted by atomic mass is 16.5. The summed E-state index contributed by atoms with van der Waals surface area (Å²) in [5.74, 6) is 0.550. The van der Waals surface area contributed by atoms with Gasteiger partial charge in [-0.2, -0.15) is 0 Å². The van der Waals surface area contributed by atoms with Crippen molar-refractivity contribution in [1.82, 2.24) is 0 Å². The molecule has 0 saturated heterocycles. The summed E-state index contributed by atoms with van der Waals surface area (Å²) in [5.41, 5.74) is 3.71. The molecule has 0 atom stereocenters. The third-order valence-electron chi connectivity index (χ3n) is 4.10. The number of rotatable bonds is 7. The Morgan fingerprint density at radius 3 is 2.30 bits per heavy atom. The van der Waals surface area contributed by atoms with Gasteiger partial charge in [-0.1, -0.05) is 17.7 Å². The SMILES string of the molecule is CC(=O)N(CCC(=O)Nc1ccc(OC(C)C)cc1)c1ccc(C)cc1C. The fourth-order valence-electron chi connectivity index (χ4n) is 2.88. The topological polar surface area (TPSA) is 58.6 Å². The van der Waals surface area contributed by atoms with Crippen LogP contribution in [0.2, 0.25) is 0 Å². The Kier molecular flexibility index (Phi) is 6.99. The zero-order chi connectivity index (χ0) is 20.0. The molecule has 0 bridgehead atoms. The molecule has 2 amide bonds. The standard InChI is InChI=1S/C22H28N2O3/c1-15(2)27-20-9-7-19(8-10-20)23-22(26)12-13-24(18(5)25)21-11-6-16(3)14-17(21)4/h6-11,14-15H,12-13H2,1-5H3,(H,23,26). The monoisotopic (exact) mass is 368 g/mol. The molecule has 144 valence electrons. The number of amides is 2. The molecule has 0 aliphatic carbocycles. The van der Waals surface area contributed by atoms with Crippen molar-refractivity contribution in [2.75, 3.05) is 16.8 Å². The maximum absolute atomic E-state index is 12.3. The zero-order valence-corrected chi connectivity index (χ0v) is 16.7. The summed E-state index contributed by atoms with van der Waals surface area (Å²) in [6, 6.07) is 13.2. The smallest absolute Gasteiger partial charge is 0.226 e. The third-order valence-corrected chi connectivity index (χ3v) is 4.10. The molecule has 0 spiro atoms. The highest BCUT2D eigenvalue weighted by Crippen LogP contribution is 2.22. The van der Waals surface area contributed by atoms with Gasteiger partial charge in [0, 0.05) is 31.3 Å². The molecule has 1 N–H and O–H groups in total. The number of aryl methyl sites for hydroxylation is 2. The number of carbonyl (C=O) groups excluding carboxylic acids is 2. The maximum atomic E-state index is 12.3. The Hall–Kier alpha value is -2.82. The van der Waals surface area contributed by atoms with E-state index in [0.717, 1.165) is 22.6 Å². The van der Waals surface area contributed by atoms with Crippen LogP contribution in [0.4, 0.5) is 11.4 Å². The van der Waals surface area contributed by atoms with Gasteiger partial charge in [0.05, 0.1) is 6.10 Å². The Bertz CT molecular complexity index is 798. The van der Waals surface area contributed by atoms with E-state index in [1.165, 1.54) is 6.92 Å². The molecule has 2 rings (SSSR count). The maximum Gasteiger partial charge on any atom is 0.226 e. The average Bonchev–Trinajstić information content (AvgIpc) is 2.57. The normalized spacial score (nSPS) is 10.6. The molecule has 0 unspecified atom stereocenters. The first-order chi connectivity index (χ1) is 12.8. The minimum Gasteiger partial charge on any atom is -0.491 e. The first-order valence-electron chi connectivity index (χ1n) is 9.18. The first-order valence-corrected chi connectivity index (χ1v) is 9.18. The lowest BCUT2D eigenvalue weighted by molar-refractivity contribution is -0.117. The average molecular weight is 368 g/mol. The fraction of sp³-hybridized carbons (Fsp3) is 0.364. The molecule has 5 heteroatoms. The van der Waals surface area contributed by atoms with Gasteiger partial charge in [0.1, 0.15) is 5.75 Å². The Morgan fingerprint density at radius 1 is 1.07 bits per heavy atom. The third kappa shape index (κ3) is 6.13. The van der Waals surface area contributed by atoms with E-state index >= 15 is 0 Å². The Labute approximate surface area is 161 Å². The van der Waals surface area contributed by atoms with Crippen LogP contribution in [0, 0.1) is 13.8 Å². The van der Waals surface area contributed by atoms with Gasteiger partial charge in [0.25, 0.3) is 0 Å². The van der Waals surface area contributed by atoms with Crippen molar-refractivity contribution in [3.8, 4) is 5.75 Å². The van der Waals surface area contributed by atoms with Crippen molar-refractivity contribution in [3.63, 3.8) is 0 Å². The van der Waals surface area contributed by atoms with Crippen LogP contribution in [-0.2, 0) is 9.59 Å². The molecule has 0 aliphatic rings. The minimum absolute atomic E-state index is 0.0788. The highest BCUT2D eigenvalue weighted by molar-refractivity contribution is 5.95. The number of benzene rings is 2. The van der Waals surface area contributed by atoms with Crippen LogP contribution in [0.25, 0.3) is 0 Å². The second-order valence-corrected chi connectivity index (χ2v) is 6.95. The van der Waals surface area contributed by atoms with Gasteiger partial charge in [0.15, 0.2) is 0 Å². The highest BCUT2D eigenvalue weighted by Gasteiger charge is 2.15. The van der Waals surface area contributed by atoms with Crippen LogP contribution in [0.3, 0.4) is 0 Å². The molecule has 0 radical (unpaired) electrons. The number of nitrogens with one attached hydrogen (secondary N) is 1. The predicted octanol–water partition coefficient (Wildman–Crippen LogP) is 4.47. The molecular formula is C22H28N2O3. The quantitative estimate of drug-likeness (QED) is 0.784. The number of ether oxygens (including phenoxy) is 1. The number of nitrogens with zero attached hydrogens (tertiary/aromatic N) is 1. The molecular weight excluding hydrogens is 340 g/mol. The van der Waals surface area contributed by atoms with Crippen LogP contribution >= 0.6 is 0 Å². The molecule has 5 nitrogen and oxygen atoms in total. The van der Waals surface area contributed by atoms with Crippen LogP contribution in [-0.4, -0.2) is 24.5 Å². The van der Waals surface area contributed by atoms with Gasteiger partial charge in [-0.05, 0) is 63.6 Å². The second kappa shape index (κ2) is 9.21. The van der Waals surface area contributed by atoms with E-state index in [1.54, 1.807) is 4.90 Å². The Morgan fingerprint density at radius 2 is 1.74 bits per heavy atom. The molecule has 2 aromatic carbocycles. The molecule has 2 aromatic rings. The number of hydrogen-bond acceptors (Lipinski definition) is 3. The first kappa shape index (κ1) is 20.5. The summed E-state index contributed by atoms with van der Waals surface area (Å²) in [5, 5.41) is 2.86. The molecule has 27 heavy (non-hydrogen) atoms. The molecule has 0 aromatic heterocycles. The Balaban J connectivity index is 1.97. The summed E-state index contributed by atoms with van der Waals surface area (Å²) in [6.07, 6.45) is 0.324. The van der Waals surface area contributed by atoms with E-state index in [4.69, 9.17) is 4.74 Å². The zero-order valence-electron chi connectivity index (χ0n) is 16.7. The van der Waals surface area contributed by atoms with E-state index in [1.807, 2.05) is 70.2 Å². The van der Waals surface area contributed by atoms with Gasteiger partial charge in [-0.3, -0.25) is 9.59 Å². The van der Waals surface area contributed by atoms with Crippen molar-refractivity contribution < 1.29 is 14.3 Å². The summed E-state index contributed by atoms with van der Waals surface area (Å²) in [6.45, 7) is 9.77. The predicted molar refractivity (Wildman–Crippen MR) is 109 cm³/mol. The van der Waals surface area contributed by atoms with Crippen molar-refractivity contribution in [2.24, 2.45) is 0 Å². The largest absolute Gasteiger partial charge is 0.491 e. The fourth-order valence-corrected chi connectivity index (χ4v) is 2.88. The lowest BCUT2D eigenvalue weighted by atomic mass is 10.1. The lowest BCUT2D eigenvalue weighted by Gasteiger charge is -2.23. The number of carbonyl (C=O) groups is 2. The van der Waals surface area contributed by atoms with Crippen LogP contribution in [0.15, 0.2) is 42.5 Å². The van der Waals surface area contributed by atoms with Crippen molar-refractivity contribution >= 4 is 23.2 Å². The summed E-state index contributed by atoms with van der Waals surface area (Å²) in [7, 11) is 0. The minimum atomic E-state index is -0.136. The van der Waals surface area contributed by atoms with Gasteiger partial charge >= 0.3 is 0 Å². The van der Waals surface area contributed by atoms with Gasteiger partial charge < -0.3 is 15.0 Å². The summed E-state index contributed by atoms with van der Waals surface area (Å²) >= 11 is 0. The van der Waals surface area contributed by atoms with Crippen LogP contribution in [0.5, 0.6) is 5.75 Å². The van der Waals surface area contributed by atoms with Gasteiger partial charge in [-0.15, -0.1) is 0 Å². The molecule has 0 aliphatic heterocycles. The summed E-state index contributed by atoms with van der Waals surface area (Å²) < 4.78 is 5.59. The van der Waals surface area contributed by atoms with E-state index < -0.39 is 0 Å². The summed E-state index contributed by atoms with van der Waals surface area (Å²) in [4.78, 5) is 26.0. The van der Waals surface area contributed by atoms with Crippen molar-refractivity contribution in [2.45, 2.75) is 47.1 Å². The van der Waals surface area contributed by atoms with Gasteiger partial charge in [-0.25, -0.2) is 0 Å². The van der Waals surface area contributed by atoms with E-state index in [0.29, 0.717) is 12.2 Å². The van der Waals surface area contributed by atoms with E-state index in [9.17, 15) is 9.59 Å². The van der Waals surface area contributed by atoms with Crippen molar-refractivity contribution in [1.29, 1.82) is 0 Å². The van der Waals surface area contributed by atoms with Gasteiger partial charge in [0.2, 0.25) is 11.8 Å². The van der Waals surface area contributed by atoms with E-state index in [2.05, 4.69) is 5.32 Å². The van der Waals surface area contributed by atoms with E-state index in [-0.39, 0.29) is 24.3 Å². The molecule has 0 heterocycles. The number of hydrogen-bond donors (Lipinski definition) is 1. The molecule has 0 saturated carbocycles. The number of anilines is 2. The van der Waals surface area contributed by atoms with Crippen LogP contribution < -0.4 is 15.0 Å². The molecule has 0 fully saturated rings. The lowest BCUT2D eigenvalue weighted by Crippen LogP contribution is -2.32. The second-order valence-electron chi connectivity index (χ2n) is 6.95.